The van der Waals surface area contributed by atoms with E-state index in [1.807, 2.05) is 12.1 Å². The van der Waals surface area contributed by atoms with Gasteiger partial charge in [-0.25, -0.2) is 19.3 Å². The van der Waals surface area contributed by atoms with E-state index in [9.17, 15) is 70.4 Å². The van der Waals surface area contributed by atoms with E-state index in [0.29, 0.717) is 77.8 Å². The molecule has 0 saturated carbocycles. The van der Waals surface area contributed by atoms with Crippen molar-refractivity contribution in [3.8, 4) is 24.3 Å². The molecule has 0 aromatic rings. The summed E-state index contributed by atoms with van der Waals surface area (Å²) in [6, 6.07) is 6.71. The summed E-state index contributed by atoms with van der Waals surface area (Å²) >= 11 is -17.5. The summed E-state index contributed by atoms with van der Waals surface area (Å²) in [5.74, 6) is -6.30. The predicted octanol–water partition coefficient (Wildman–Crippen LogP) is 10.9. The summed E-state index contributed by atoms with van der Waals surface area (Å²) in [4.78, 5) is 52.6. The maximum atomic E-state index is 14.4. The lowest BCUT2D eigenvalue weighted by atomic mass is 9.87. The van der Waals surface area contributed by atoms with Crippen LogP contribution in [0.5, 0.6) is 0 Å². The molecule has 3 heterocycles. The molecule has 73 heavy (non-hydrogen) atoms. The largest absolute Gasteiger partial charge is 0.470 e. The number of nitrogens with zero attached hydrogens (tertiary/aromatic N) is 9. The Bertz CT molecular complexity index is 2420. The molecule has 392 valence electrons. The number of nitriles is 4. The van der Waals surface area contributed by atoms with E-state index < -0.39 is 165 Å². The summed E-state index contributed by atoms with van der Waals surface area (Å²) in [5.41, 5.74) is -5.62. The van der Waals surface area contributed by atoms with Crippen LogP contribution >= 0.6 is 33.6 Å². The molecule has 0 amide bonds. The Balaban J connectivity index is 1.35. The van der Waals surface area contributed by atoms with Crippen LogP contribution in [0, 0.1) is 64.4 Å². The number of carbonyl (C=O) groups is 3. The van der Waals surface area contributed by atoms with E-state index in [-0.39, 0.29) is 33.9 Å². The van der Waals surface area contributed by atoms with Gasteiger partial charge in [0.2, 0.25) is 33.6 Å². The maximum Gasteiger partial charge on any atom is 0.349 e. The summed E-state index contributed by atoms with van der Waals surface area (Å²) in [7, 11) is 0. The van der Waals surface area contributed by atoms with Crippen LogP contribution in [0.4, 0.5) is 35.0 Å². The van der Waals surface area contributed by atoms with E-state index in [1.54, 1.807) is 14.7 Å². The van der Waals surface area contributed by atoms with Crippen LogP contribution in [-0.4, -0.2) is 107 Å². The van der Waals surface area contributed by atoms with Gasteiger partial charge in [0.25, 0.3) is 5.70 Å². The number of hydrogen-bond acceptors (Lipinski definition) is 13. The van der Waals surface area contributed by atoms with Crippen LogP contribution in [0.2, 0.25) is 0 Å². The lowest BCUT2D eigenvalue weighted by Crippen LogP contribution is -2.31. The van der Waals surface area contributed by atoms with Crippen LogP contribution in [-0.2, 0) is 28.6 Å². The first-order chi connectivity index (χ1) is 34.6. The van der Waals surface area contributed by atoms with Crippen molar-refractivity contribution in [2.75, 3.05) is 59.1 Å². The fourth-order valence-corrected chi connectivity index (χ4v) is 11.9. The zero-order chi connectivity index (χ0) is 53.4. The third kappa shape index (κ3) is 12.9. The molecule has 0 spiro atoms. The Morgan fingerprint density at radius 3 is 1.18 bits per heavy atom. The summed E-state index contributed by atoms with van der Waals surface area (Å²) < 4.78 is 146. The highest BCUT2D eigenvalue weighted by Gasteiger charge is 2.46. The van der Waals surface area contributed by atoms with Crippen LogP contribution in [0.15, 0.2) is 67.5 Å². The lowest BCUT2D eigenvalue weighted by molar-refractivity contribution is -0.148. The van der Waals surface area contributed by atoms with Crippen molar-refractivity contribution in [1.82, 2.24) is 14.7 Å². The highest BCUT2D eigenvalue weighted by atomic mass is 32.3. The minimum atomic E-state index is -5.83. The number of rotatable bonds is 15. The van der Waals surface area contributed by atoms with E-state index in [4.69, 9.17) is 27.4 Å². The average Bonchev–Trinajstić information content (AvgIpc) is 4.19. The van der Waals surface area contributed by atoms with Gasteiger partial charge in [0.1, 0.15) is 48.6 Å². The van der Waals surface area contributed by atoms with Crippen molar-refractivity contribution < 1.29 is 63.6 Å². The van der Waals surface area contributed by atoms with Crippen molar-refractivity contribution in [1.29, 1.82) is 21.0 Å². The number of esters is 3. The predicted molar refractivity (Wildman–Crippen MR) is 248 cm³/mol. The molecule has 3 unspecified atom stereocenters. The monoisotopic (exact) mass is 1090 g/mol. The lowest BCUT2D eigenvalue weighted by Gasteiger charge is -2.35. The smallest absolute Gasteiger partial charge is 0.349 e. The van der Waals surface area contributed by atoms with Gasteiger partial charge in [0, 0.05) is 69.2 Å². The van der Waals surface area contributed by atoms with Crippen LogP contribution in [0.25, 0.3) is 9.69 Å². The molecule has 3 atom stereocenters. The second-order valence-electron chi connectivity index (χ2n) is 17.8. The zero-order valence-corrected chi connectivity index (χ0v) is 41.2. The van der Waals surface area contributed by atoms with E-state index in [2.05, 4.69) is 9.69 Å². The molecule has 6 rings (SSSR count). The van der Waals surface area contributed by atoms with Crippen LogP contribution in [0.3, 0.4) is 0 Å². The molecule has 0 aromatic heterocycles. The van der Waals surface area contributed by atoms with Gasteiger partial charge in [-0.3, -0.25) is 4.79 Å². The topological polar surface area (TPSA) is 192 Å². The normalized spacial score (nSPS) is 25.0. The SMILES string of the molecule is [C-]#[N+]C1=C(N2CCCC2)CC(S(F)(F)F)C/C1=C(/[N+]#[C-])C(=O)OCC(COC(=O)/C(C#N)=C1\CC(S(F)(F)F)CC(N2CCCC2)=C1C#N)COC(=O)/C(C#N)=C1\CC(S(F)(F)F)CC(N2CCCC2)=C1C#N. The van der Waals surface area contributed by atoms with Crippen molar-refractivity contribution in [2.45, 2.75) is 92.8 Å². The highest BCUT2D eigenvalue weighted by Crippen LogP contribution is 2.65. The van der Waals surface area contributed by atoms with E-state index in [1.165, 1.54) is 12.1 Å². The Labute approximate surface area is 421 Å². The fraction of sp³-hybridized carbons (Fsp3) is 0.543. The van der Waals surface area contributed by atoms with Gasteiger partial charge in [-0.1, -0.05) is 0 Å². The van der Waals surface area contributed by atoms with Gasteiger partial charge < -0.3 is 28.9 Å². The van der Waals surface area contributed by atoms with Gasteiger partial charge in [-0.15, -0.1) is 35.0 Å². The van der Waals surface area contributed by atoms with Crippen molar-refractivity contribution in [3.05, 3.63) is 90.3 Å². The molecule has 0 N–H and O–H groups in total. The minimum Gasteiger partial charge on any atom is -0.470 e. The average molecular weight is 1090 g/mol. The van der Waals surface area contributed by atoms with Crippen LogP contribution in [0.1, 0.15) is 77.0 Å². The number of ether oxygens (including phenoxy) is 3. The van der Waals surface area contributed by atoms with Gasteiger partial charge in [-0.05, 0) is 80.9 Å². The van der Waals surface area contributed by atoms with E-state index in [0.717, 1.165) is 0 Å². The molecule has 0 aromatic carbocycles. The van der Waals surface area contributed by atoms with Crippen LogP contribution < -0.4 is 0 Å². The molecular formula is C46H46F9N9O6S3. The number of allylic oxidation sites excluding steroid dienone is 8. The summed E-state index contributed by atoms with van der Waals surface area (Å²) in [6.45, 7) is 14.5. The first-order valence-corrected chi connectivity index (χ1v) is 27.0. The molecule has 0 bridgehead atoms. The third-order valence-electron chi connectivity index (χ3n) is 13.4. The van der Waals surface area contributed by atoms with Gasteiger partial charge in [-0.2, -0.15) is 21.0 Å². The first kappa shape index (κ1) is 55.9. The minimum absolute atomic E-state index is 0.00446. The molecule has 6 aliphatic rings. The zero-order valence-electron chi connectivity index (χ0n) is 38.8. The summed E-state index contributed by atoms with van der Waals surface area (Å²) in [5, 5.41) is 34.7. The summed E-state index contributed by atoms with van der Waals surface area (Å²) in [6.07, 6.45) is -0.842. The molecule has 27 heteroatoms. The second kappa shape index (κ2) is 23.7. The van der Waals surface area contributed by atoms with Gasteiger partial charge in [0.15, 0.2) is 5.70 Å². The van der Waals surface area contributed by atoms with Crippen molar-refractivity contribution in [3.63, 3.8) is 0 Å². The van der Waals surface area contributed by atoms with Gasteiger partial charge in [0.05, 0.1) is 52.6 Å². The molecule has 3 aliphatic heterocycles. The Kier molecular flexibility index (Phi) is 18.1. The van der Waals surface area contributed by atoms with Crippen molar-refractivity contribution >= 4 is 51.5 Å². The molecule has 3 fully saturated rings. The number of carbonyl (C=O) groups excluding carboxylic acids is 3. The van der Waals surface area contributed by atoms with Gasteiger partial charge >= 0.3 is 17.9 Å². The standard InChI is InChI=1S/C46H46F9N9O6S3/c1-60-42-34(17-31(73(53,54)55)20-41(42)64-13-7-8-14-64)43(61-2)46(67)70-27-28(25-68-44(65)37(23-58)32-15-29(71(47,48)49)18-39(35(32)21-56)62-9-3-4-10-62)26-69-45(66)38(24-59)33-16-30(72(50,51)52)19-40(36(33)22-57)63-11-5-6-12-63/h28-31H,3-20,25-27H2/b37-32+,38-33+,43-34-. The number of likely N-dealkylation sites (tertiary alicyclic amines) is 3. The molecule has 15 nitrogen and oxygen atoms in total. The quantitative estimate of drug-likeness (QED) is 0.0376. The molecule has 3 saturated heterocycles. The number of halogens is 9. The Morgan fingerprint density at radius 1 is 0.534 bits per heavy atom. The molecule has 3 aliphatic carbocycles. The van der Waals surface area contributed by atoms with Crippen molar-refractivity contribution in [2.24, 2.45) is 5.92 Å². The second-order valence-corrected chi connectivity index (χ2v) is 22.5. The maximum absolute atomic E-state index is 14.4. The highest BCUT2D eigenvalue weighted by molar-refractivity contribution is 8.22. The first-order valence-electron chi connectivity index (χ1n) is 22.8. The third-order valence-corrected chi connectivity index (χ3v) is 16.7. The Hall–Kier alpha value is -6.39. The molecular weight excluding hydrogens is 1040 g/mol. The number of hydrogen-bond donors (Lipinski definition) is 0. The van der Waals surface area contributed by atoms with E-state index >= 15 is 0 Å². The Morgan fingerprint density at radius 2 is 0.863 bits per heavy atom. The molecule has 0 radical (unpaired) electrons. The fourth-order valence-electron chi connectivity index (χ4n) is 9.76.